The van der Waals surface area contributed by atoms with Crippen LogP contribution in [0.25, 0.3) is 0 Å². The Kier molecular flexibility index (Phi) is 5.32. The third-order valence-electron chi connectivity index (χ3n) is 2.60. The summed E-state index contributed by atoms with van der Waals surface area (Å²) in [4.78, 5) is 13.8. The van der Waals surface area contributed by atoms with Crippen LogP contribution in [-0.2, 0) is 11.3 Å². The first-order chi connectivity index (χ1) is 8.26. The van der Waals surface area contributed by atoms with Gasteiger partial charge in [0, 0.05) is 29.5 Å². The van der Waals surface area contributed by atoms with E-state index in [-0.39, 0.29) is 11.8 Å². The van der Waals surface area contributed by atoms with Crippen molar-refractivity contribution in [3.05, 3.63) is 33.8 Å². The third kappa shape index (κ3) is 4.04. The molecular weight excluding hydrogens is 293 g/mol. The average Bonchev–Trinajstić information content (AvgIpc) is 2.26. The van der Waals surface area contributed by atoms with Crippen molar-refractivity contribution in [3.8, 4) is 0 Å². The van der Waals surface area contributed by atoms with Crippen LogP contribution in [-0.4, -0.2) is 23.7 Å². The van der Waals surface area contributed by atoms with Gasteiger partial charge in [0.1, 0.15) is 0 Å². The molecule has 1 aromatic rings. The molecule has 1 aromatic carbocycles. The number of alkyl halides is 1. The molecule has 0 aliphatic heterocycles. The summed E-state index contributed by atoms with van der Waals surface area (Å²) in [5.41, 5.74) is 0.326. The SMILES string of the molecule is CN(Cc1cc(Cl)cc(Cl)c1)C(=O)C(C)(C)CCl. The lowest BCUT2D eigenvalue weighted by molar-refractivity contribution is -0.138. The van der Waals surface area contributed by atoms with E-state index in [1.165, 1.54) is 0 Å². The zero-order chi connectivity index (χ0) is 13.9. The van der Waals surface area contributed by atoms with Gasteiger partial charge in [0.15, 0.2) is 0 Å². The van der Waals surface area contributed by atoms with Crippen LogP contribution in [0.1, 0.15) is 19.4 Å². The summed E-state index contributed by atoms with van der Waals surface area (Å²) in [5.74, 6) is 0.278. The zero-order valence-electron chi connectivity index (χ0n) is 10.6. The van der Waals surface area contributed by atoms with Crippen molar-refractivity contribution >= 4 is 40.7 Å². The van der Waals surface area contributed by atoms with E-state index in [4.69, 9.17) is 34.8 Å². The Balaban J connectivity index is 2.81. The number of carbonyl (C=O) groups excluding carboxylic acids is 1. The van der Waals surface area contributed by atoms with E-state index in [0.717, 1.165) is 5.56 Å². The highest BCUT2D eigenvalue weighted by atomic mass is 35.5. The molecule has 1 rings (SSSR count). The number of hydrogen-bond acceptors (Lipinski definition) is 1. The van der Waals surface area contributed by atoms with Crippen molar-refractivity contribution in [1.29, 1.82) is 0 Å². The molecule has 0 aliphatic carbocycles. The Labute approximate surface area is 123 Å². The summed E-state index contributed by atoms with van der Waals surface area (Å²) < 4.78 is 0. The second kappa shape index (κ2) is 6.14. The van der Waals surface area contributed by atoms with Gasteiger partial charge < -0.3 is 4.90 Å². The van der Waals surface area contributed by atoms with Gasteiger partial charge in [0.25, 0.3) is 0 Å². The molecule has 0 spiro atoms. The second-order valence-electron chi connectivity index (χ2n) is 4.96. The second-order valence-corrected chi connectivity index (χ2v) is 6.10. The minimum absolute atomic E-state index is 0.00593. The monoisotopic (exact) mass is 307 g/mol. The van der Waals surface area contributed by atoms with Crippen LogP contribution in [0, 0.1) is 5.41 Å². The summed E-state index contributed by atoms with van der Waals surface area (Å²) in [6.45, 7) is 4.10. The highest BCUT2D eigenvalue weighted by molar-refractivity contribution is 6.34. The van der Waals surface area contributed by atoms with Gasteiger partial charge in [-0.1, -0.05) is 23.2 Å². The van der Waals surface area contributed by atoms with E-state index in [2.05, 4.69) is 0 Å². The van der Waals surface area contributed by atoms with Crippen molar-refractivity contribution in [1.82, 2.24) is 4.90 Å². The van der Waals surface area contributed by atoms with Gasteiger partial charge >= 0.3 is 0 Å². The van der Waals surface area contributed by atoms with Crippen LogP contribution in [0.4, 0.5) is 0 Å². The molecule has 0 unspecified atom stereocenters. The Morgan fingerprint density at radius 1 is 1.22 bits per heavy atom. The molecule has 0 heterocycles. The van der Waals surface area contributed by atoms with Gasteiger partial charge in [-0.25, -0.2) is 0 Å². The van der Waals surface area contributed by atoms with Gasteiger partial charge in [0.2, 0.25) is 5.91 Å². The molecular formula is C13H16Cl3NO. The molecule has 0 bridgehead atoms. The highest BCUT2D eigenvalue weighted by Crippen LogP contribution is 2.23. The fourth-order valence-electron chi connectivity index (χ4n) is 1.62. The largest absolute Gasteiger partial charge is 0.341 e. The molecule has 100 valence electrons. The fourth-order valence-corrected chi connectivity index (χ4v) is 2.31. The third-order valence-corrected chi connectivity index (χ3v) is 3.71. The van der Waals surface area contributed by atoms with E-state index in [0.29, 0.717) is 16.6 Å². The molecule has 0 saturated carbocycles. The predicted octanol–water partition coefficient (Wildman–Crippen LogP) is 4.22. The Hall–Kier alpha value is -0.440. The summed E-state index contributed by atoms with van der Waals surface area (Å²) in [7, 11) is 1.74. The van der Waals surface area contributed by atoms with E-state index in [1.54, 1.807) is 30.1 Å². The number of carbonyl (C=O) groups is 1. The molecule has 0 atom stereocenters. The Bertz CT molecular complexity index is 426. The van der Waals surface area contributed by atoms with Gasteiger partial charge in [-0.05, 0) is 37.6 Å². The number of nitrogens with zero attached hydrogens (tertiary/aromatic N) is 1. The first-order valence-corrected chi connectivity index (χ1v) is 6.82. The van der Waals surface area contributed by atoms with E-state index < -0.39 is 5.41 Å². The normalized spacial score (nSPS) is 11.4. The Morgan fingerprint density at radius 3 is 2.17 bits per heavy atom. The minimum Gasteiger partial charge on any atom is -0.341 e. The lowest BCUT2D eigenvalue weighted by Gasteiger charge is -2.27. The topological polar surface area (TPSA) is 20.3 Å². The number of rotatable bonds is 4. The lowest BCUT2D eigenvalue weighted by Crippen LogP contribution is -2.39. The maximum atomic E-state index is 12.1. The fraction of sp³-hybridized carbons (Fsp3) is 0.462. The molecule has 0 aliphatic rings. The first-order valence-electron chi connectivity index (χ1n) is 5.53. The van der Waals surface area contributed by atoms with Gasteiger partial charge in [-0.3, -0.25) is 4.79 Å². The maximum Gasteiger partial charge on any atom is 0.229 e. The first kappa shape index (κ1) is 15.6. The standard InChI is InChI=1S/C13H16Cl3NO/c1-13(2,8-14)12(18)17(3)7-9-4-10(15)6-11(16)5-9/h4-6H,7-8H2,1-3H3. The number of hydrogen-bond donors (Lipinski definition) is 0. The molecule has 1 amide bonds. The highest BCUT2D eigenvalue weighted by Gasteiger charge is 2.29. The molecule has 0 N–H and O–H groups in total. The van der Waals surface area contributed by atoms with E-state index >= 15 is 0 Å². The number of benzene rings is 1. The smallest absolute Gasteiger partial charge is 0.229 e. The maximum absolute atomic E-state index is 12.1. The van der Waals surface area contributed by atoms with Gasteiger partial charge in [-0.15, -0.1) is 11.6 Å². The van der Waals surface area contributed by atoms with Crippen molar-refractivity contribution < 1.29 is 4.79 Å². The van der Waals surface area contributed by atoms with Crippen LogP contribution in [0.3, 0.4) is 0 Å². The van der Waals surface area contributed by atoms with Crippen LogP contribution < -0.4 is 0 Å². The number of halogens is 3. The summed E-state index contributed by atoms with van der Waals surface area (Å²) in [6.07, 6.45) is 0. The minimum atomic E-state index is -0.571. The summed E-state index contributed by atoms with van der Waals surface area (Å²) in [5, 5.41) is 1.13. The number of amides is 1. The summed E-state index contributed by atoms with van der Waals surface area (Å²) in [6, 6.07) is 5.26. The van der Waals surface area contributed by atoms with Crippen molar-refractivity contribution in [2.24, 2.45) is 5.41 Å². The molecule has 0 saturated heterocycles. The van der Waals surface area contributed by atoms with Gasteiger partial charge in [0.05, 0.1) is 5.41 Å². The van der Waals surface area contributed by atoms with E-state index in [1.807, 2.05) is 13.8 Å². The molecule has 18 heavy (non-hydrogen) atoms. The molecule has 5 heteroatoms. The predicted molar refractivity (Wildman–Crippen MR) is 77.4 cm³/mol. The quantitative estimate of drug-likeness (QED) is 0.763. The van der Waals surface area contributed by atoms with Crippen molar-refractivity contribution in [2.45, 2.75) is 20.4 Å². The van der Waals surface area contributed by atoms with Crippen LogP contribution >= 0.6 is 34.8 Å². The average molecular weight is 309 g/mol. The van der Waals surface area contributed by atoms with E-state index in [9.17, 15) is 4.79 Å². The van der Waals surface area contributed by atoms with Gasteiger partial charge in [-0.2, -0.15) is 0 Å². The molecule has 0 fully saturated rings. The molecule has 0 radical (unpaired) electrons. The Morgan fingerprint density at radius 2 is 1.72 bits per heavy atom. The molecule has 0 aromatic heterocycles. The summed E-state index contributed by atoms with van der Waals surface area (Å²) >= 11 is 17.6. The van der Waals surface area contributed by atoms with Crippen molar-refractivity contribution in [3.63, 3.8) is 0 Å². The zero-order valence-corrected chi connectivity index (χ0v) is 12.9. The van der Waals surface area contributed by atoms with Crippen LogP contribution in [0.15, 0.2) is 18.2 Å². The van der Waals surface area contributed by atoms with Crippen molar-refractivity contribution in [2.75, 3.05) is 12.9 Å². The lowest BCUT2D eigenvalue weighted by atomic mass is 9.94. The van der Waals surface area contributed by atoms with Crippen LogP contribution in [0.2, 0.25) is 10.0 Å². The molecule has 2 nitrogen and oxygen atoms in total. The van der Waals surface area contributed by atoms with Crippen LogP contribution in [0.5, 0.6) is 0 Å².